The van der Waals surface area contributed by atoms with E-state index in [1.807, 2.05) is 42.5 Å². The number of hydrogen-bond acceptors (Lipinski definition) is 5. The summed E-state index contributed by atoms with van der Waals surface area (Å²) in [5.41, 5.74) is 7.62. The molecule has 0 heterocycles. The first-order valence-electron chi connectivity index (χ1n) is 12.6. The molecule has 5 N–H and O–H groups in total. The minimum absolute atomic E-state index is 0.247. The summed E-state index contributed by atoms with van der Waals surface area (Å²) in [5, 5.41) is 8.50. The fourth-order valence-corrected chi connectivity index (χ4v) is 4.21. The highest BCUT2D eigenvalue weighted by Gasteiger charge is 2.29. The second-order valence-corrected chi connectivity index (χ2v) is 11.2. The molecule has 8 nitrogen and oxygen atoms in total. The number of alkyl carbamates (subject to hydrolysis) is 1. The molecule has 2 aromatic carbocycles. The number of rotatable bonds is 12. The van der Waals surface area contributed by atoms with Gasteiger partial charge in [-0.15, -0.1) is 0 Å². The molecule has 9 heteroatoms. The van der Waals surface area contributed by atoms with Crippen LogP contribution in [0.25, 0.3) is 0 Å². The van der Waals surface area contributed by atoms with Crippen molar-refractivity contribution in [2.24, 2.45) is 0 Å². The van der Waals surface area contributed by atoms with Gasteiger partial charge in [0.05, 0.1) is 0 Å². The van der Waals surface area contributed by atoms with Crippen molar-refractivity contribution in [2.45, 2.75) is 77.5 Å². The summed E-state index contributed by atoms with van der Waals surface area (Å²) in [7, 11) is 0. The molecule has 0 bridgehead atoms. The van der Waals surface area contributed by atoms with Crippen LogP contribution in [0, 0.1) is 3.57 Å². The Hall–Kier alpha value is -2.82. The zero-order chi connectivity index (χ0) is 27.4. The Bertz CT molecular complexity index is 1040. The summed E-state index contributed by atoms with van der Waals surface area (Å²) in [6, 6.07) is 13.2. The molecule has 0 spiro atoms. The lowest BCUT2D eigenvalue weighted by atomic mass is 10.0. The number of halogens is 1. The van der Waals surface area contributed by atoms with Crippen LogP contribution in [-0.4, -0.2) is 42.1 Å². The van der Waals surface area contributed by atoms with E-state index in [0.717, 1.165) is 34.0 Å². The molecule has 2 atom stereocenters. The number of amides is 3. The van der Waals surface area contributed by atoms with E-state index < -0.39 is 29.7 Å². The van der Waals surface area contributed by atoms with Crippen molar-refractivity contribution < 1.29 is 19.1 Å². The van der Waals surface area contributed by atoms with Gasteiger partial charge in [0.2, 0.25) is 11.8 Å². The average Bonchev–Trinajstić information content (AvgIpc) is 2.82. The van der Waals surface area contributed by atoms with E-state index in [1.54, 1.807) is 26.8 Å². The molecule has 0 saturated carbocycles. The van der Waals surface area contributed by atoms with Gasteiger partial charge in [0.1, 0.15) is 17.7 Å². The van der Waals surface area contributed by atoms with Crippen LogP contribution in [0.2, 0.25) is 0 Å². The monoisotopic (exact) mass is 622 g/mol. The third kappa shape index (κ3) is 11.4. The van der Waals surface area contributed by atoms with Crippen LogP contribution in [0.1, 0.15) is 58.1 Å². The highest BCUT2D eigenvalue weighted by Crippen LogP contribution is 2.18. The lowest BCUT2D eigenvalue weighted by Gasteiger charge is -2.25. The standard InChI is InChI=1S/C28H39IN4O4/c1-5-6-10-15-31-25(34)23(18-20-13-14-22(30)21(29)16-20)32-26(35)24(17-19-11-8-7-9-12-19)33-27(36)37-28(2,3)4/h7-9,11-14,16,23-24H,5-6,10,15,17-18,30H2,1-4H3,(H,31,34)(H,32,35)(H,33,36). The maximum Gasteiger partial charge on any atom is 0.408 e. The van der Waals surface area contributed by atoms with E-state index in [9.17, 15) is 14.4 Å². The van der Waals surface area contributed by atoms with Crippen molar-refractivity contribution in [2.75, 3.05) is 12.3 Å². The zero-order valence-electron chi connectivity index (χ0n) is 22.1. The van der Waals surface area contributed by atoms with Crippen LogP contribution in [0.15, 0.2) is 48.5 Å². The van der Waals surface area contributed by atoms with Gasteiger partial charge in [-0.2, -0.15) is 0 Å². The highest BCUT2D eigenvalue weighted by atomic mass is 127. The maximum absolute atomic E-state index is 13.5. The van der Waals surface area contributed by atoms with Crippen molar-refractivity contribution in [1.82, 2.24) is 16.0 Å². The van der Waals surface area contributed by atoms with Gasteiger partial charge in [-0.3, -0.25) is 9.59 Å². The van der Waals surface area contributed by atoms with E-state index in [4.69, 9.17) is 10.5 Å². The zero-order valence-corrected chi connectivity index (χ0v) is 24.3. The van der Waals surface area contributed by atoms with Gasteiger partial charge < -0.3 is 26.4 Å². The Morgan fingerprint density at radius 1 is 0.919 bits per heavy atom. The van der Waals surface area contributed by atoms with Crippen LogP contribution in [0.5, 0.6) is 0 Å². The Morgan fingerprint density at radius 3 is 2.19 bits per heavy atom. The van der Waals surface area contributed by atoms with Gasteiger partial charge in [0.15, 0.2) is 0 Å². The molecule has 0 saturated heterocycles. The second kappa shape index (κ2) is 14.8. The number of carbonyl (C=O) groups excluding carboxylic acids is 3. The summed E-state index contributed by atoms with van der Waals surface area (Å²) < 4.78 is 6.25. The molecule has 0 aliphatic heterocycles. The summed E-state index contributed by atoms with van der Waals surface area (Å²) in [6.07, 6.45) is 2.74. The van der Waals surface area contributed by atoms with E-state index in [0.29, 0.717) is 12.2 Å². The van der Waals surface area contributed by atoms with Crippen molar-refractivity contribution in [3.05, 3.63) is 63.2 Å². The number of unbranched alkanes of at least 4 members (excludes halogenated alkanes) is 2. The molecular formula is C28H39IN4O4. The number of carbonyl (C=O) groups is 3. The predicted molar refractivity (Wildman–Crippen MR) is 155 cm³/mol. The van der Waals surface area contributed by atoms with Crippen molar-refractivity contribution in [3.63, 3.8) is 0 Å². The number of nitrogens with two attached hydrogens (primary N) is 1. The quantitative estimate of drug-likeness (QED) is 0.159. The van der Waals surface area contributed by atoms with Crippen LogP contribution in [0.3, 0.4) is 0 Å². The molecule has 3 amide bonds. The molecule has 0 radical (unpaired) electrons. The fourth-order valence-electron chi connectivity index (χ4n) is 3.63. The molecule has 0 aromatic heterocycles. The Balaban J connectivity index is 2.23. The molecule has 2 rings (SSSR count). The first kappa shape index (κ1) is 30.4. The molecule has 37 heavy (non-hydrogen) atoms. The second-order valence-electron chi connectivity index (χ2n) is 10.0. The number of benzene rings is 2. The topological polar surface area (TPSA) is 123 Å². The summed E-state index contributed by atoms with van der Waals surface area (Å²) in [4.78, 5) is 39.1. The summed E-state index contributed by atoms with van der Waals surface area (Å²) in [5.74, 6) is -0.736. The van der Waals surface area contributed by atoms with Crippen LogP contribution < -0.4 is 21.7 Å². The Kier molecular flexibility index (Phi) is 12.2. The molecule has 2 unspecified atom stereocenters. The van der Waals surface area contributed by atoms with Gasteiger partial charge in [-0.1, -0.05) is 56.2 Å². The highest BCUT2D eigenvalue weighted by molar-refractivity contribution is 14.1. The molecular weight excluding hydrogens is 583 g/mol. The largest absolute Gasteiger partial charge is 0.444 e. The van der Waals surface area contributed by atoms with Crippen LogP contribution in [-0.2, 0) is 27.2 Å². The van der Waals surface area contributed by atoms with Crippen LogP contribution >= 0.6 is 22.6 Å². The van der Waals surface area contributed by atoms with Gasteiger partial charge in [-0.25, -0.2) is 4.79 Å². The first-order chi connectivity index (χ1) is 17.5. The number of ether oxygens (including phenoxy) is 1. The molecule has 202 valence electrons. The molecule has 0 aliphatic carbocycles. The van der Waals surface area contributed by atoms with Gasteiger partial charge in [-0.05, 0) is 73.0 Å². The molecule has 2 aromatic rings. The Morgan fingerprint density at radius 2 is 1.57 bits per heavy atom. The third-order valence-corrected chi connectivity index (χ3v) is 6.44. The minimum atomic E-state index is -0.931. The van der Waals surface area contributed by atoms with Gasteiger partial charge in [0.25, 0.3) is 0 Å². The molecule has 0 fully saturated rings. The predicted octanol–water partition coefficient (Wildman–Crippen LogP) is 4.34. The third-order valence-electron chi connectivity index (χ3n) is 5.51. The van der Waals surface area contributed by atoms with Crippen molar-refractivity contribution in [3.8, 4) is 0 Å². The van der Waals surface area contributed by atoms with Gasteiger partial charge in [0, 0.05) is 28.6 Å². The number of nitrogens with one attached hydrogen (secondary N) is 3. The number of nitrogen functional groups attached to an aromatic ring is 1. The lowest BCUT2D eigenvalue weighted by molar-refractivity contribution is -0.130. The SMILES string of the molecule is CCCCCNC(=O)C(Cc1ccc(N)c(I)c1)NC(=O)C(Cc1ccccc1)NC(=O)OC(C)(C)C. The minimum Gasteiger partial charge on any atom is -0.444 e. The van der Waals surface area contributed by atoms with E-state index in [-0.39, 0.29) is 18.7 Å². The van der Waals surface area contributed by atoms with E-state index in [2.05, 4.69) is 45.5 Å². The summed E-state index contributed by atoms with van der Waals surface area (Å²) >= 11 is 2.14. The first-order valence-corrected chi connectivity index (χ1v) is 13.7. The van der Waals surface area contributed by atoms with Crippen molar-refractivity contribution in [1.29, 1.82) is 0 Å². The number of anilines is 1. The Labute approximate surface area is 233 Å². The van der Waals surface area contributed by atoms with Crippen LogP contribution in [0.4, 0.5) is 10.5 Å². The van der Waals surface area contributed by atoms with E-state index in [1.165, 1.54) is 0 Å². The van der Waals surface area contributed by atoms with E-state index >= 15 is 0 Å². The smallest absolute Gasteiger partial charge is 0.408 e. The lowest BCUT2D eigenvalue weighted by Crippen LogP contribution is -2.55. The number of hydrogen-bond donors (Lipinski definition) is 4. The average molecular weight is 623 g/mol. The van der Waals surface area contributed by atoms with Gasteiger partial charge >= 0.3 is 6.09 Å². The fraction of sp³-hybridized carbons (Fsp3) is 0.464. The summed E-state index contributed by atoms with van der Waals surface area (Å²) in [6.45, 7) is 7.89. The van der Waals surface area contributed by atoms with Crippen molar-refractivity contribution >= 4 is 46.2 Å². The maximum atomic E-state index is 13.5. The molecule has 0 aliphatic rings. The normalized spacial score (nSPS) is 12.8.